The molecule has 1 aromatic carbocycles. The highest BCUT2D eigenvalue weighted by Gasteiger charge is 2.44. The lowest BCUT2D eigenvalue weighted by molar-refractivity contribution is -0.154. The number of likely N-dealkylation sites (N-methyl/N-ethyl adjacent to an activating group) is 1. The van der Waals surface area contributed by atoms with E-state index < -0.39 is 17.5 Å². The molecule has 2 aliphatic heterocycles. The molecule has 3 heterocycles. The van der Waals surface area contributed by atoms with Gasteiger partial charge in [-0.05, 0) is 61.9 Å². The van der Waals surface area contributed by atoms with Crippen molar-refractivity contribution in [3.05, 3.63) is 59.4 Å². The number of carbonyl (C=O) groups excluding carboxylic acids is 3. The third-order valence-electron chi connectivity index (χ3n) is 8.40. The maximum absolute atomic E-state index is 13.9. The molecular weight excluding hydrogens is 582 g/mol. The standard InChI is InChI=1S/C35H49N7O4/c1-24-9-11-26(21-27(24)28-12-10-25(22-37-28)23-41-17-19-46-20-18-41)38-33(45)39-29(13-14-34(2,3)4)30(36-7)31(43)42-16-15-40(8)32(44)35(42,5)6/h9-13,21-22H,14-20,23H2,1-8H3,(H2,38,39,45)/b29-13+,36-30?. The van der Waals surface area contributed by atoms with Crippen LogP contribution in [0.4, 0.5) is 10.5 Å². The average Bonchev–Trinajstić information content (AvgIpc) is 3.00. The van der Waals surface area contributed by atoms with Gasteiger partial charge in [0.25, 0.3) is 5.91 Å². The number of amides is 4. The second kappa shape index (κ2) is 14.6. The number of hydrogen-bond donors (Lipinski definition) is 2. The van der Waals surface area contributed by atoms with Crippen LogP contribution in [0.5, 0.6) is 0 Å². The van der Waals surface area contributed by atoms with Crippen LogP contribution in [0.3, 0.4) is 0 Å². The summed E-state index contributed by atoms with van der Waals surface area (Å²) in [5, 5.41) is 5.81. The van der Waals surface area contributed by atoms with E-state index in [1.54, 1.807) is 25.8 Å². The van der Waals surface area contributed by atoms with E-state index in [1.807, 2.05) is 43.5 Å². The number of aromatic nitrogens is 1. The van der Waals surface area contributed by atoms with Crippen LogP contribution in [-0.4, -0.2) is 102 Å². The van der Waals surface area contributed by atoms with Gasteiger partial charge >= 0.3 is 6.03 Å². The molecule has 2 N–H and O–H groups in total. The van der Waals surface area contributed by atoms with E-state index in [2.05, 4.69) is 47.4 Å². The molecule has 0 saturated carbocycles. The molecule has 2 aromatic rings. The molecule has 11 heteroatoms. The van der Waals surface area contributed by atoms with Crippen molar-refractivity contribution in [1.29, 1.82) is 0 Å². The Morgan fingerprint density at radius 3 is 2.43 bits per heavy atom. The fourth-order valence-electron chi connectivity index (χ4n) is 5.60. The zero-order chi connectivity index (χ0) is 33.6. The largest absolute Gasteiger partial charge is 0.379 e. The molecule has 1 aromatic heterocycles. The molecular formula is C35H49N7O4. The van der Waals surface area contributed by atoms with Crippen molar-refractivity contribution in [1.82, 2.24) is 25.0 Å². The number of aliphatic imine (C=N–C) groups is 1. The van der Waals surface area contributed by atoms with Crippen LogP contribution in [0, 0.1) is 12.3 Å². The van der Waals surface area contributed by atoms with E-state index in [0.717, 1.165) is 55.2 Å². The monoisotopic (exact) mass is 631 g/mol. The van der Waals surface area contributed by atoms with Crippen molar-refractivity contribution in [2.75, 3.05) is 58.8 Å². The Hall–Kier alpha value is -4.09. The number of nitrogens with zero attached hydrogens (tertiary/aromatic N) is 5. The first-order valence-electron chi connectivity index (χ1n) is 15.9. The Morgan fingerprint density at radius 2 is 1.80 bits per heavy atom. The molecule has 0 aliphatic carbocycles. The first kappa shape index (κ1) is 34.8. The van der Waals surface area contributed by atoms with E-state index in [4.69, 9.17) is 9.72 Å². The van der Waals surface area contributed by atoms with Gasteiger partial charge in [-0.1, -0.05) is 39.0 Å². The van der Waals surface area contributed by atoms with Crippen LogP contribution in [0.1, 0.15) is 52.2 Å². The van der Waals surface area contributed by atoms with Crippen molar-refractivity contribution in [3.63, 3.8) is 0 Å². The number of anilines is 1. The van der Waals surface area contributed by atoms with E-state index in [-0.39, 0.29) is 17.0 Å². The van der Waals surface area contributed by atoms with Gasteiger partial charge in [0.1, 0.15) is 11.3 Å². The highest BCUT2D eigenvalue weighted by atomic mass is 16.5. The number of carbonyl (C=O) groups is 3. The molecule has 2 aliphatic rings. The Bertz CT molecular complexity index is 1490. The van der Waals surface area contributed by atoms with Gasteiger partial charge in [-0.2, -0.15) is 0 Å². The first-order valence-corrected chi connectivity index (χ1v) is 15.9. The molecule has 0 spiro atoms. The van der Waals surface area contributed by atoms with Crippen LogP contribution in [0.25, 0.3) is 11.3 Å². The summed E-state index contributed by atoms with van der Waals surface area (Å²) in [6.45, 7) is 16.6. The molecule has 46 heavy (non-hydrogen) atoms. The number of rotatable bonds is 8. The fourth-order valence-corrected chi connectivity index (χ4v) is 5.60. The topological polar surface area (TPSA) is 119 Å². The number of urea groups is 1. The Morgan fingerprint density at radius 1 is 1.09 bits per heavy atom. The normalized spacial score (nSPS) is 18.0. The minimum atomic E-state index is -1.05. The summed E-state index contributed by atoms with van der Waals surface area (Å²) >= 11 is 0. The summed E-state index contributed by atoms with van der Waals surface area (Å²) in [4.78, 5) is 54.8. The van der Waals surface area contributed by atoms with Crippen LogP contribution >= 0.6 is 0 Å². The smallest absolute Gasteiger partial charge is 0.323 e. The SMILES string of the molecule is CN=C(C(=O)N1CCN(C)C(=O)C1(C)C)/C(=C\CC(C)(C)C)NC(=O)Nc1ccc(C)c(-c2ccc(CN3CCOCC3)cn2)c1. The van der Waals surface area contributed by atoms with Crippen LogP contribution in [0.2, 0.25) is 0 Å². The number of aryl methyl sites for hydroxylation is 1. The number of allylic oxidation sites excluding steroid dienone is 1. The Balaban J connectivity index is 1.51. The first-order chi connectivity index (χ1) is 21.7. The third-order valence-corrected chi connectivity index (χ3v) is 8.40. The zero-order valence-electron chi connectivity index (χ0n) is 28.6. The summed E-state index contributed by atoms with van der Waals surface area (Å²) in [5.74, 6) is -0.556. The lowest BCUT2D eigenvalue weighted by Gasteiger charge is -2.44. The number of nitrogens with one attached hydrogen (secondary N) is 2. The van der Waals surface area contributed by atoms with E-state index in [0.29, 0.717) is 30.9 Å². The predicted molar refractivity (Wildman–Crippen MR) is 182 cm³/mol. The van der Waals surface area contributed by atoms with Crippen LogP contribution in [0.15, 0.2) is 53.3 Å². The lowest BCUT2D eigenvalue weighted by Crippen LogP contribution is -2.65. The van der Waals surface area contributed by atoms with E-state index in [1.165, 1.54) is 11.9 Å². The van der Waals surface area contributed by atoms with Gasteiger partial charge in [-0.15, -0.1) is 0 Å². The lowest BCUT2D eigenvalue weighted by atomic mass is 9.91. The Kier molecular flexibility index (Phi) is 11.0. The molecule has 11 nitrogen and oxygen atoms in total. The number of benzene rings is 1. The van der Waals surface area contributed by atoms with Gasteiger partial charge in [-0.25, -0.2) is 4.79 Å². The minimum absolute atomic E-state index is 0.0933. The number of piperazine rings is 1. The van der Waals surface area contributed by atoms with Crippen molar-refractivity contribution >= 4 is 29.2 Å². The van der Waals surface area contributed by atoms with Gasteiger partial charge < -0.3 is 25.2 Å². The number of hydrogen-bond acceptors (Lipinski definition) is 7. The van der Waals surface area contributed by atoms with Crippen molar-refractivity contribution in [2.24, 2.45) is 10.4 Å². The average molecular weight is 632 g/mol. The van der Waals surface area contributed by atoms with Crippen LogP contribution in [-0.2, 0) is 20.9 Å². The molecule has 0 radical (unpaired) electrons. The number of ether oxygens (including phenoxy) is 1. The molecule has 2 fully saturated rings. The highest BCUT2D eigenvalue weighted by Crippen LogP contribution is 2.27. The second-order valence-corrected chi connectivity index (χ2v) is 13.7. The fraction of sp³-hybridized carbons (Fsp3) is 0.514. The van der Waals surface area contributed by atoms with Gasteiger partial charge in [0.05, 0.1) is 24.6 Å². The van der Waals surface area contributed by atoms with Gasteiger partial charge in [0, 0.05) is 64.3 Å². The summed E-state index contributed by atoms with van der Waals surface area (Å²) in [6, 6.07) is 9.27. The van der Waals surface area contributed by atoms with Crippen molar-refractivity contribution in [2.45, 2.75) is 60.0 Å². The predicted octanol–water partition coefficient (Wildman–Crippen LogP) is 4.48. The minimum Gasteiger partial charge on any atom is -0.379 e. The maximum Gasteiger partial charge on any atom is 0.323 e. The summed E-state index contributed by atoms with van der Waals surface area (Å²) in [6.07, 6.45) is 4.32. The number of morpholine rings is 1. The summed E-state index contributed by atoms with van der Waals surface area (Å²) in [7, 11) is 3.25. The van der Waals surface area contributed by atoms with Gasteiger partial charge in [0.15, 0.2) is 0 Å². The third kappa shape index (κ3) is 8.58. The van der Waals surface area contributed by atoms with Gasteiger partial charge in [-0.3, -0.25) is 24.5 Å². The molecule has 2 saturated heterocycles. The summed E-state index contributed by atoms with van der Waals surface area (Å²) in [5.41, 5.74) is 3.71. The quantitative estimate of drug-likeness (QED) is 0.415. The maximum atomic E-state index is 13.9. The Labute approximate surface area is 273 Å². The van der Waals surface area contributed by atoms with Gasteiger partial charge in [0.2, 0.25) is 5.91 Å². The summed E-state index contributed by atoms with van der Waals surface area (Å²) < 4.78 is 5.45. The second-order valence-electron chi connectivity index (χ2n) is 13.7. The number of pyridine rings is 1. The molecule has 0 bridgehead atoms. The van der Waals surface area contributed by atoms with Crippen molar-refractivity contribution in [3.8, 4) is 11.3 Å². The van der Waals surface area contributed by atoms with E-state index >= 15 is 0 Å². The molecule has 0 atom stereocenters. The van der Waals surface area contributed by atoms with Crippen molar-refractivity contribution < 1.29 is 19.1 Å². The van der Waals surface area contributed by atoms with Crippen LogP contribution < -0.4 is 10.6 Å². The molecule has 4 rings (SSSR count). The molecule has 4 amide bonds. The molecule has 0 unspecified atom stereocenters. The molecule has 248 valence electrons. The zero-order valence-corrected chi connectivity index (χ0v) is 28.6. The highest BCUT2D eigenvalue weighted by molar-refractivity contribution is 6.46. The van der Waals surface area contributed by atoms with E-state index in [9.17, 15) is 14.4 Å².